The number of barbiturate groups is 1. The molecule has 7 nitrogen and oxygen atoms in total. The number of hydrogen-bond acceptors (Lipinski definition) is 5. The number of urea groups is 1. The highest BCUT2D eigenvalue weighted by molar-refractivity contribution is 9.10. The number of hydrogen-bond donors (Lipinski definition) is 1. The molecule has 0 atom stereocenters. The van der Waals surface area contributed by atoms with E-state index in [0.29, 0.717) is 40.8 Å². The van der Waals surface area contributed by atoms with Crippen molar-refractivity contribution >= 4 is 57.1 Å². The summed E-state index contributed by atoms with van der Waals surface area (Å²) in [4.78, 5) is 39.7. The van der Waals surface area contributed by atoms with E-state index in [2.05, 4.69) is 27.8 Å². The van der Waals surface area contributed by atoms with Crippen LogP contribution >= 0.6 is 27.5 Å². The van der Waals surface area contributed by atoms with Gasteiger partial charge in [0.15, 0.2) is 11.5 Å². The number of benzene rings is 3. The number of imide groups is 2. The molecule has 1 N–H and O–H groups in total. The molecule has 0 bridgehead atoms. The number of carbonyl (C=O) groups is 3. The first-order chi connectivity index (χ1) is 18.7. The molecular weight excluding hydrogens is 584 g/mol. The zero-order valence-corrected chi connectivity index (χ0v) is 23.8. The zero-order chi connectivity index (χ0) is 28.1. The van der Waals surface area contributed by atoms with Crippen LogP contribution in [0.1, 0.15) is 29.2 Å². The number of carbonyl (C=O) groups excluding carboxylic acids is 3. The molecule has 39 heavy (non-hydrogen) atoms. The lowest BCUT2D eigenvalue weighted by Crippen LogP contribution is -2.54. The molecular formula is C30H26BrClN2O5. The Bertz CT molecular complexity index is 1480. The van der Waals surface area contributed by atoms with Gasteiger partial charge in [0.25, 0.3) is 11.8 Å². The van der Waals surface area contributed by atoms with Gasteiger partial charge in [0.05, 0.1) is 12.3 Å². The molecule has 1 saturated heterocycles. The molecule has 1 heterocycles. The minimum Gasteiger partial charge on any atom is -0.490 e. The number of allylic oxidation sites excluding steroid dienone is 1. The monoisotopic (exact) mass is 608 g/mol. The summed E-state index contributed by atoms with van der Waals surface area (Å²) in [5, 5.41) is 2.90. The molecule has 0 spiro atoms. The molecule has 0 radical (unpaired) electrons. The Hall–Kier alpha value is -3.88. The molecule has 0 aliphatic carbocycles. The fourth-order valence-electron chi connectivity index (χ4n) is 4.06. The number of anilines is 1. The fraction of sp³-hybridized carbons (Fsp3) is 0.167. The number of halogens is 2. The number of nitrogens with one attached hydrogen (secondary N) is 1. The van der Waals surface area contributed by atoms with E-state index < -0.39 is 17.8 Å². The second kappa shape index (κ2) is 12.3. The van der Waals surface area contributed by atoms with E-state index in [0.717, 1.165) is 26.1 Å². The molecule has 1 fully saturated rings. The molecule has 0 saturated carbocycles. The highest BCUT2D eigenvalue weighted by Gasteiger charge is 2.37. The van der Waals surface area contributed by atoms with Gasteiger partial charge in [-0.1, -0.05) is 45.7 Å². The SMILES string of the molecule is C=CCc1cc(/C=C2\C(=O)NC(=O)N(c3ccc(Br)c(C)c3)C2=O)cc(OCC)c1OCc1ccc(Cl)cc1. The average molecular weight is 610 g/mol. The maximum absolute atomic E-state index is 13.4. The van der Waals surface area contributed by atoms with Crippen LogP contribution in [0.15, 0.2) is 77.3 Å². The quantitative estimate of drug-likeness (QED) is 0.164. The van der Waals surface area contributed by atoms with Crippen molar-refractivity contribution in [2.75, 3.05) is 11.5 Å². The minimum absolute atomic E-state index is 0.183. The third-order valence-electron chi connectivity index (χ3n) is 5.93. The predicted octanol–water partition coefficient (Wildman–Crippen LogP) is 6.78. The van der Waals surface area contributed by atoms with Crippen molar-refractivity contribution in [1.82, 2.24) is 5.32 Å². The number of amides is 4. The molecule has 3 aromatic rings. The first-order valence-corrected chi connectivity index (χ1v) is 13.3. The van der Waals surface area contributed by atoms with Gasteiger partial charge in [0.2, 0.25) is 0 Å². The average Bonchev–Trinajstić information content (AvgIpc) is 2.89. The summed E-state index contributed by atoms with van der Waals surface area (Å²) in [6.45, 7) is 8.19. The van der Waals surface area contributed by atoms with Crippen LogP contribution in [0.5, 0.6) is 11.5 Å². The normalized spacial score (nSPS) is 14.4. The van der Waals surface area contributed by atoms with Crippen LogP contribution in [0.3, 0.4) is 0 Å². The lowest BCUT2D eigenvalue weighted by molar-refractivity contribution is -0.122. The summed E-state index contributed by atoms with van der Waals surface area (Å²) >= 11 is 9.41. The van der Waals surface area contributed by atoms with Gasteiger partial charge in [-0.2, -0.15) is 0 Å². The summed E-state index contributed by atoms with van der Waals surface area (Å²) < 4.78 is 12.9. The van der Waals surface area contributed by atoms with Crippen molar-refractivity contribution in [3.8, 4) is 11.5 Å². The number of nitrogens with zero attached hydrogens (tertiary/aromatic N) is 1. The van der Waals surface area contributed by atoms with E-state index in [1.54, 1.807) is 48.5 Å². The van der Waals surface area contributed by atoms with Crippen LogP contribution in [-0.4, -0.2) is 24.5 Å². The molecule has 9 heteroatoms. The van der Waals surface area contributed by atoms with E-state index >= 15 is 0 Å². The van der Waals surface area contributed by atoms with E-state index in [4.69, 9.17) is 21.1 Å². The van der Waals surface area contributed by atoms with Crippen LogP contribution in [0.4, 0.5) is 10.5 Å². The summed E-state index contributed by atoms with van der Waals surface area (Å²) in [7, 11) is 0. The Morgan fingerprint density at radius 1 is 1.05 bits per heavy atom. The van der Waals surface area contributed by atoms with Gasteiger partial charge in [-0.3, -0.25) is 14.9 Å². The molecule has 0 unspecified atom stereocenters. The van der Waals surface area contributed by atoms with Gasteiger partial charge in [0.1, 0.15) is 12.2 Å². The van der Waals surface area contributed by atoms with Crippen LogP contribution in [-0.2, 0) is 22.6 Å². The van der Waals surface area contributed by atoms with E-state index in [9.17, 15) is 14.4 Å². The summed E-state index contributed by atoms with van der Waals surface area (Å²) in [6.07, 6.45) is 3.63. The maximum Gasteiger partial charge on any atom is 0.335 e. The van der Waals surface area contributed by atoms with E-state index in [-0.39, 0.29) is 12.2 Å². The maximum atomic E-state index is 13.4. The Morgan fingerprint density at radius 2 is 1.79 bits per heavy atom. The summed E-state index contributed by atoms with van der Waals surface area (Å²) in [5.41, 5.74) is 3.22. The van der Waals surface area contributed by atoms with Crippen molar-refractivity contribution in [3.05, 3.63) is 105 Å². The minimum atomic E-state index is -0.808. The molecule has 4 rings (SSSR count). The van der Waals surface area contributed by atoms with Gasteiger partial charge in [-0.25, -0.2) is 9.69 Å². The van der Waals surface area contributed by atoms with Crippen LogP contribution in [0.2, 0.25) is 5.02 Å². The predicted molar refractivity (Wildman–Crippen MR) is 155 cm³/mol. The topological polar surface area (TPSA) is 84.9 Å². The Balaban J connectivity index is 1.72. The number of aryl methyl sites for hydroxylation is 1. The van der Waals surface area contributed by atoms with Gasteiger partial charge >= 0.3 is 6.03 Å². The Kier molecular flexibility index (Phi) is 8.89. The number of ether oxygens (including phenoxy) is 2. The lowest BCUT2D eigenvalue weighted by Gasteiger charge is -2.27. The van der Waals surface area contributed by atoms with Crippen molar-refractivity contribution in [1.29, 1.82) is 0 Å². The van der Waals surface area contributed by atoms with Crippen LogP contribution in [0.25, 0.3) is 6.08 Å². The van der Waals surface area contributed by atoms with E-state index in [1.165, 1.54) is 6.08 Å². The summed E-state index contributed by atoms with van der Waals surface area (Å²) in [6, 6.07) is 15.1. The third kappa shape index (κ3) is 6.41. The largest absolute Gasteiger partial charge is 0.490 e. The highest BCUT2D eigenvalue weighted by atomic mass is 79.9. The highest BCUT2D eigenvalue weighted by Crippen LogP contribution is 2.36. The molecule has 3 aromatic carbocycles. The first kappa shape index (κ1) is 28.1. The second-order valence-corrected chi connectivity index (χ2v) is 10.0. The first-order valence-electron chi connectivity index (χ1n) is 12.2. The zero-order valence-electron chi connectivity index (χ0n) is 21.4. The van der Waals surface area contributed by atoms with Crippen LogP contribution in [0, 0.1) is 6.92 Å². The molecule has 4 amide bonds. The molecule has 200 valence electrons. The molecule has 1 aliphatic heterocycles. The Morgan fingerprint density at radius 3 is 2.46 bits per heavy atom. The second-order valence-electron chi connectivity index (χ2n) is 8.74. The smallest absolute Gasteiger partial charge is 0.335 e. The van der Waals surface area contributed by atoms with Crippen molar-refractivity contribution in [3.63, 3.8) is 0 Å². The fourth-order valence-corrected chi connectivity index (χ4v) is 4.44. The van der Waals surface area contributed by atoms with Crippen molar-refractivity contribution in [2.45, 2.75) is 26.9 Å². The molecule has 1 aliphatic rings. The number of rotatable bonds is 9. The molecule has 0 aromatic heterocycles. The van der Waals surface area contributed by atoms with Crippen molar-refractivity contribution in [2.24, 2.45) is 0 Å². The van der Waals surface area contributed by atoms with Gasteiger partial charge in [-0.05, 0) is 85.5 Å². The van der Waals surface area contributed by atoms with Gasteiger partial charge in [0, 0.05) is 15.1 Å². The van der Waals surface area contributed by atoms with Crippen molar-refractivity contribution < 1.29 is 23.9 Å². The van der Waals surface area contributed by atoms with Gasteiger partial charge < -0.3 is 9.47 Å². The van der Waals surface area contributed by atoms with E-state index in [1.807, 2.05) is 26.0 Å². The lowest BCUT2D eigenvalue weighted by atomic mass is 10.0. The third-order valence-corrected chi connectivity index (χ3v) is 7.07. The van der Waals surface area contributed by atoms with Crippen LogP contribution < -0.4 is 19.7 Å². The van der Waals surface area contributed by atoms with Gasteiger partial charge in [-0.15, -0.1) is 6.58 Å². The standard InChI is InChI=1S/C30H26BrClN2O5/c1-4-6-21-14-20(16-26(38-5-2)27(21)39-17-19-7-9-22(32)10-8-19)15-24-28(35)33-30(37)34(29(24)36)23-11-12-25(31)18(3)13-23/h4,7-16H,1,5-6,17H2,2-3H3,(H,33,35,37)/b24-15+. The summed E-state index contributed by atoms with van der Waals surface area (Å²) in [5.74, 6) is -0.508. The Labute approximate surface area is 240 Å².